The molecule has 0 saturated heterocycles. The standard InChI is InChI=1S/C25H28FN3O3S2/c1-4-34(31,32)20-10-8-17(9-11-20)13-22(30)27-25-28-23-21(33-25)15-29(24(23)16(2)3)14-18-6-5-7-19(26)12-18/h5-12,16,24H,4,13-15H2,1-3H3,(H,27,28,30)/t24-/m1/s1. The van der Waals surface area contributed by atoms with Gasteiger partial charge >= 0.3 is 0 Å². The lowest BCUT2D eigenvalue weighted by molar-refractivity contribution is -0.115. The van der Waals surface area contributed by atoms with Gasteiger partial charge in [-0.2, -0.15) is 0 Å². The van der Waals surface area contributed by atoms with Crippen molar-refractivity contribution in [2.75, 3.05) is 11.1 Å². The van der Waals surface area contributed by atoms with Crippen molar-refractivity contribution in [2.24, 2.45) is 5.92 Å². The molecule has 2 aromatic carbocycles. The third-order valence-electron chi connectivity index (χ3n) is 5.93. The van der Waals surface area contributed by atoms with Crippen molar-refractivity contribution in [3.63, 3.8) is 0 Å². The van der Waals surface area contributed by atoms with Crippen molar-refractivity contribution in [1.29, 1.82) is 0 Å². The van der Waals surface area contributed by atoms with E-state index in [4.69, 9.17) is 4.98 Å². The van der Waals surface area contributed by atoms with Crippen molar-refractivity contribution < 1.29 is 17.6 Å². The summed E-state index contributed by atoms with van der Waals surface area (Å²) in [6, 6.07) is 13.2. The van der Waals surface area contributed by atoms with E-state index in [1.807, 2.05) is 6.07 Å². The summed E-state index contributed by atoms with van der Waals surface area (Å²) in [6.07, 6.45) is 0.135. The second-order valence-electron chi connectivity index (χ2n) is 8.82. The summed E-state index contributed by atoms with van der Waals surface area (Å²) in [6.45, 7) is 7.22. The molecule has 0 aliphatic carbocycles. The lowest BCUT2D eigenvalue weighted by Crippen LogP contribution is -2.26. The maximum Gasteiger partial charge on any atom is 0.230 e. The predicted octanol–water partition coefficient (Wildman–Crippen LogP) is 4.97. The van der Waals surface area contributed by atoms with Crippen molar-refractivity contribution in [3.8, 4) is 0 Å². The molecule has 1 aliphatic heterocycles. The number of amides is 1. The van der Waals surface area contributed by atoms with Gasteiger partial charge in [-0.3, -0.25) is 9.69 Å². The molecule has 34 heavy (non-hydrogen) atoms. The number of sulfone groups is 1. The number of fused-ring (bicyclic) bond motifs is 1. The molecule has 1 amide bonds. The molecule has 0 fully saturated rings. The van der Waals surface area contributed by atoms with Crippen LogP contribution in [0.25, 0.3) is 0 Å². The zero-order valence-corrected chi connectivity index (χ0v) is 21.0. The number of halogens is 1. The van der Waals surface area contributed by atoms with Crippen LogP contribution in [-0.4, -0.2) is 30.0 Å². The van der Waals surface area contributed by atoms with E-state index in [1.165, 1.54) is 17.4 Å². The first-order chi connectivity index (χ1) is 16.2. The number of hydrogen-bond donors (Lipinski definition) is 1. The van der Waals surface area contributed by atoms with Crippen LogP contribution < -0.4 is 5.32 Å². The van der Waals surface area contributed by atoms with Crippen LogP contribution in [0.15, 0.2) is 53.4 Å². The minimum atomic E-state index is -3.26. The molecule has 0 spiro atoms. The average Bonchev–Trinajstić information content (AvgIpc) is 3.30. The molecule has 1 aliphatic rings. The van der Waals surface area contributed by atoms with Gasteiger partial charge in [-0.1, -0.05) is 45.0 Å². The van der Waals surface area contributed by atoms with Crippen LogP contribution in [0.1, 0.15) is 48.5 Å². The first-order valence-corrected chi connectivity index (χ1v) is 13.7. The van der Waals surface area contributed by atoms with Crippen molar-refractivity contribution in [2.45, 2.75) is 51.2 Å². The molecule has 0 bridgehead atoms. The van der Waals surface area contributed by atoms with Gasteiger partial charge in [0.2, 0.25) is 5.91 Å². The molecule has 4 rings (SSSR count). The average molecular weight is 502 g/mol. The fourth-order valence-electron chi connectivity index (χ4n) is 4.31. The summed E-state index contributed by atoms with van der Waals surface area (Å²) in [5.41, 5.74) is 2.63. The zero-order chi connectivity index (χ0) is 24.5. The second kappa shape index (κ2) is 9.93. The Balaban J connectivity index is 1.42. The molecule has 9 heteroatoms. The molecular formula is C25H28FN3O3S2. The van der Waals surface area contributed by atoms with Gasteiger partial charge in [-0.05, 0) is 41.3 Å². The molecule has 0 saturated carbocycles. The Morgan fingerprint density at radius 3 is 2.59 bits per heavy atom. The Bertz CT molecular complexity index is 1290. The van der Waals surface area contributed by atoms with Crippen molar-refractivity contribution in [1.82, 2.24) is 9.88 Å². The minimum absolute atomic E-state index is 0.0403. The van der Waals surface area contributed by atoms with Crippen LogP contribution >= 0.6 is 11.3 Å². The van der Waals surface area contributed by atoms with Crippen LogP contribution in [-0.2, 0) is 34.1 Å². The normalized spacial score (nSPS) is 16.1. The predicted molar refractivity (Wildman–Crippen MR) is 132 cm³/mol. The van der Waals surface area contributed by atoms with Gasteiger partial charge in [0, 0.05) is 18.0 Å². The quantitative estimate of drug-likeness (QED) is 0.471. The highest BCUT2D eigenvalue weighted by molar-refractivity contribution is 7.91. The summed E-state index contributed by atoms with van der Waals surface area (Å²) in [5, 5.41) is 3.46. The van der Waals surface area contributed by atoms with E-state index in [-0.39, 0.29) is 34.8 Å². The largest absolute Gasteiger partial charge is 0.302 e. The third kappa shape index (κ3) is 5.37. The van der Waals surface area contributed by atoms with Crippen LogP contribution in [0.3, 0.4) is 0 Å². The lowest BCUT2D eigenvalue weighted by Gasteiger charge is -2.27. The molecule has 6 nitrogen and oxygen atoms in total. The van der Waals surface area contributed by atoms with E-state index in [9.17, 15) is 17.6 Å². The Kier molecular flexibility index (Phi) is 7.16. The highest BCUT2D eigenvalue weighted by atomic mass is 32.2. The molecule has 1 aromatic heterocycles. The Morgan fingerprint density at radius 1 is 1.21 bits per heavy atom. The van der Waals surface area contributed by atoms with Gasteiger partial charge in [-0.15, -0.1) is 11.3 Å². The molecular weight excluding hydrogens is 473 g/mol. The molecule has 3 aromatic rings. The second-order valence-corrected chi connectivity index (χ2v) is 12.2. The molecule has 2 heterocycles. The van der Waals surface area contributed by atoms with Gasteiger partial charge in [-0.25, -0.2) is 17.8 Å². The van der Waals surface area contributed by atoms with Crippen molar-refractivity contribution >= 4 is 32.2 Å². The van der Waals surface area contributed by atoms with Gasteiger partial charge in [0.15, 0.2) is 15.0 Å². The maximum atomic E-state index is 13.6. The van der Waals surface area contributed by atoms with Gasteiger partial charge in [0.1, 0.15) is 5.82 Å². The molecule has 180 valence electrons. The molecule has 1 atom stereocenters. The number of carbonyl (C=O) groups is 1. The maximum absolute atomic E-state index is 13.6. The number of hydrogen-bond acceptors (Lipinski definition) is 6. The molecule has 0 radical (unpaired) electrons. The van der Waals surface area contributed by atoms with E-state index in [1.54, 1.807) is 43.3 Å². The summed E-state index contributed by atoms with van der Waals surface area (Å²) >= 11 is 1.47. The third-order valence-corrected chi connectivity index (χ3v) is 8.65. The summed E-state index contributed by atoms with van der Waals surface area (Å²) in [5.74, 6) is -0.0922. The number of thiazole rings is 1. The summed E-state index contributed by atoms with van der Waals surface area (Å²) in [7, 11) is -3.26. The monoisotopic (exact) mass is 501 g/mol. The summed E-state index contributed by atoms with van der Waals surface area (Å²) in [4.78, 5) is 21.0. The van der Waals surface area contributed by atoms with E-state index in [2.05, 4.69) is 24.1 Å². The van der Waals surface area contributed by atoms with Crippen LogP contribution in [0.5, 0.6) is 0 Å². The number of carbonyl (C=O) groups excluding carboxylic acids is 1. The highest BCUT2D eigenvalue weighted by Crippen LogP contribution is 2.43. The number of nitrogens with one attached hydrogen (secondary N) is 1. The van der Waals surface area contributed by atoms with Gasteiger partial charge in [0.05, 0.1) is 28.8 Å². The topological polar surface area (TPSA) is 79.4 Å². The smallest absolute Gasteiger partial charge is 0.230 e. The number of nitrogens with zero attached hydrogens (tertiary/aromatic N) is 2. The fraction of sp³-hybridized carbons (Fsp3) is 0.360. The minimum Gasteiger partial charge on any atom is -0.302 e. The Labute approximate surface area is 203 Å². The SMILES string of the molecule is CCS(=O)(=O)c1ccc(CC(=O)Nc2nc3c(s2)CN(Cc2cccc(F)c2)[C@@H]3C(C)C)cc1. The number of rotatable bonds is 8. The molecule has 0 unspecified atom stereocenters. The van der Waals surface area contributed by atoms with Crippen LogP contribution in [0.4, 0.5) is 9.52 Å². The van der Waals surface area contributed by atoms with E-state index in [0.717, 1.165) is 21.7 Å². The Hall–Kier alpha value is -2.62. The molecule has 1 N–H and O–H groups in total. The van der Waals surface area contributed by atoms with E-state index >= 15 is 0 Å². The number of aromatic nitrogens is 1. The first kappa shape index (κ1) is 24.5. The van der Waals surface area contributed by atoms with E-state index in [0.29, 0.717) is 24.1 Å². The van der Waals surface area contributed by atoms with Crippen LogP contribution in [0, 0.1) is 11.7 Å². The fourth-order valence-corrected chi connectivity index (χ4v) is 6.24. The lowest BCUT2D eigenvalue weighted by atomic mass is 10.0. The summed E-state index contributed by atoms with van der Waals surface area (Å²) < 4.78 is 37.5. The van der Waals surface area contributed by atoms with Gasteiger partial charge < -0.3 is 5.32 Å². The highest BCUT2D eigenvalue weighted by Gasteiger charge is 2.36. The number of anilines is 1. The number of benzene rings is 2. The van der Waals surface area contributed by atoms with Crippen molar-refractivity contribution in [3.05, 3.63) is 76.0 Å². The first-order valence-electron chi connectivity index (χ1n) is 11.3. The Morgan fingerprint density at radius 2 is 1.94 bits per heavy atom. The van der Waals surface area contributed by atoms with E-state index < -0.39 is 9.84 Å². The van der Waals surface area contributed by atoms with Gasteiger partial charge in [0.25, 0.3) is 0 Å². The van der Waals surface area contributed by atoms with Crippen LogP contribution in [0.2, 0.25) is 0 Å². The zero-order valence-electron chi connectivity index (χ0n) is 19.4.